The van der Waals surface area contributed by atoms with Crippen LogP contribution in [0.15, 0.2) is 12.1 Å². The van der Waals surface area contributed by atoms with E-state index >= 15 is 0 Å². The molecule has 0 unspecified atom stereocenters. The van der Waals surface area contributed by atoms with Crippen molar-refractivity contribution in [2.24, 2.45) is 0 Å². The number of nitrogens with zero attached hydrogens (tertiary/aromatic N) is 2. The summed E-state index contributed by atoms with van der Waals surface area (Å²) in [5.41, 5.74) is 6.37. The lowest BCUT2D eigenvalue weighted by Crippen LogP contribution is -2.30. The van der Waals surface area contributed by atoms with E-state index in [4.69, 9.17) is 17.3 Å². The summed E-state index contributed by atoms with van der Waals surface area (Å²) in [4.78, 5) is 6.70. The van der Waals surface area contributed by atoms with Crippen LogP contribution in [-0.2, 0) is 0 Å². The van der Waals surface area contributed by atoms with E-state index in [2.05, 4.69) is 15.2 Å². The second-order valence-corrected chi connectivity index (χ2v) is 5.18. The van der Waals surface area contributed by atoms with Gasteiger partial charge in [-0.05, 0) is 32.0 Å². The first kappa shape index (κ1) is 13.4. The van der Waals surface area contributed by atoms with Crippen LogP contribution in [0.5, 0.6) is 0 Å². The van der Waals surface area contributed by atoms with Gasteiger partial charge in [0.05, 0.1) is 0 Å². The van der Waals surface area contributed by atoms with E-state index in [0.29, 0.717) is 10.8 Å². The SMILES string of the molecule is Nc1cc(Cl)nc(NCCN2CCCCCC2)c1. The van der Waals surface area contributed by atoms with E-state index in [1.54, 1.807) is 6.07 Å². The Morgan fingerprint density at radius 2 is 1.94 bits per heavy atom. The Morgan fingerprint density at radius 3 is 2.61 bits per heavy atom. The van der Waals surface area contributed by atoms with Gasteiger partial charge in [-0.3, -0.25) is 0 Å². The summed E-state index contributed by atoms with van der Waals surface area (Å²) in [6.07, 6.45) is 5.39. The first-order valence-corrected chi connectivity index (χ1v) is 7.01. The van der Waals surface area contributed by atoms with Crippen molar-refractivity contribution in [1.29, 1.82) is 0 Å². The van der Waals surface area contributed by atoms with Crippen molar-refractivity contribution >= 4 is 23.1 Å². The van der Waals surface area contributed by atoms with Gasteiger partial charge in [-0.1, -0.05) is 24.4 Å². The van der Waals surface area contributed by atoms with Crippen LogP contribution < -0.4 is 11.1 Å². The summed E-state index contributed by atoms with van der Waals surface area (Å²) < 4.78 is 0. The minimum absolute atomic E-state index is 0.437. The summed E-state index contributed by atoms with van der Waals surface area (Å²) in [5, 5.41) is 3.71. The van der Waals surface area contributed by atoms with E-state index in [-0.39, 0.29) is 0 Å². The zero-order valence-corrected chi connectivity index (χ0v) is 11.4. The fourth-order valence-electron chi connectivity index (χ4n) is 2.31. The Bertz CT molecular complexity index is 355. The smallest absolute Gasteiger partial charge is 0.133 e. The summed E-state index contributed by atoms with van der Waals surface area (Å²) in [6.45, 7) is 4.36. The normalized spacial score (nSPS) is 17.4. The molecule has 0 amide bonds. The number of hydrogen-bond acceptors (Lipinski definition) is 4. The largest absolute Gasteiger partial charge is 0.399 e. The number of anilines is 2. The van der Waals surface area contributed by atoms with E-state index in [1.807, 2.05) is 6.07 Å². The molecule has 1 aromatic rings. The van der Waals surface area contributed by atoms with Crippen LogP contribution in [0.25, 0.3) is 0 Å². The predicted molar refractivity (Wildman–Crippen MR) is 77.1 cm³/mol. The molecule has 0 radical (unpaired) electrons. The quantitative estimate of drug-likeness (QED) is 0.825. The van der Waals surface area contributed by atoms with Crippen LogP contribution in [0.4, 0.5) is 11.5 Å². The average Bonchev–Trinajstić information content (AvgIpc) is 2.56. The molecule has 2 rings (SSSR count). The Morgan fingerprint density at radius 1 is 1.22 bits per heavy atom. The molecule has 0 bridgehead atoms. The molecule has 18 heavy (non-hydrogen) atoms. The van der Waals surface area contributed by atoms with E-state index in [9.17, 15) is 0 Å². The molecular formula is C13H21ClN4. The number of nitrogen functional groups attached to an aromatic ring is 1. The first-order valence-electron chi connectivity index (χ1n) is 6.63. The molecule has 3 N–H and O–H groups in total. The second-order valence-electron chi connectivity index (χ2n) is 4.79. The number of hydrogen-bond donors (Lipinski definition) is 2. The number of nitrogens with one attached hydrogen (secondary N) is 1. The maximum atomic E-state index is 5.86. The highest BCUT2D eigenvalue weighted by Crippen LogP contribution is 2.15. The average molecular weight is 269 g/mol. The minimum atomic E-state index is 0.437. The van der Waals surface area contributed by atoms with E-state index < -0.39 is 0 Å². The zero-order chi connectivity index (χ0) is 12.8. The number of likely N-dealkylation sites (tertiary alicyclic amines) is 1. The third kappa shape index (κ3) is 4.35. The summed E-state index contributed by atoms with van der Waals surface area (Å²) in [6, 6.07) is 3.47. The lowest BCUT2D eigenvalue weighted by Gasteiger charge is -2.19. The Balaban J connectivity index is 1.77. The van der Waals surface area contributed by atoms with Crippen molar-refractivity contribution in [3.05, 3.63) is 17.3 Å². The maximum Gasteiger partial charge on any atom is 0.133 e. The first-order chi connectivity index (χ1) is 8.74. The highest BCUT2D eigenvalue weighted by molar-refractivity contribution is 6.29. The van der Waals surface area contributed by atoms with Crippen LogP contribution in [0, 0.1) is 0 Å². The molecule has 100 valence electrons. The lowest BCUT2D eigenvalue weighted by atomic mass is 10.2. The van der Waals surface area contributed by atoms with Gasteiger partial charge in [0, 0.05) is 24.8 Å². The molecule has 0 aliphatic carbocycles. The number of rotatable bonds is 4. The summed E-state index contributed by atoms with van der Waals surface area (Å²) >= 11 is 5.86. The molecular weight excluding hydrogens is 248 g/mol. The fourth-order valence-corrected chi connectivity index (χ4v) is 2.53. The molecule has 2 heterocycles. The molecule has 1 saturated heterocycles. The van der Waals surface area contributed by atoms with Crippen molar-refractivity contribution < 1.29 is 0 Å². The van der Waals surface area contributed by atoms with Crippen LogP contribution in [0.2, 0.25) is 5.15 Å². The maximum absolute atomic E-state index is 5.86. The Hall–Kier alpha value is -1.00. The van der Waals surface area contributed by atoms with Crippen molar-refractivity contribution in [3.8, 4) is 0 Å². The van der Waals surface area contributed by atoms with Gasteiger partial charge in [0.2, 0.25) is 0 Å². The standard InChI is InChI=1S/C13H21ClN4/c14-12-9-11(15)10-13(17-12)16-5-8-18-6-3-1-2-4-7-18/h9-10H,1-8H2,(H3,15,16,17). The van der Waals surface area contributed by atoms with Crippen molar-refractivity contribution in [1.82, 2.24) is 9.88 Å². The fraction of sp³-hybridized carbons (Fsp3) is 0.615. The van der Waals surface area contributed by atoms with E-state index in [1.165, 1.54) is 38.8 Å². The number of nitrogens with two attached hydrogens (primary N) is 1. The number of halogens is 1. The number of pyridine rings is 1. The topological polar surface area (TPSA) is 54.2 Å². The van der Waals surface area contributed by atoms with Gasteiger partial charge >= 0.3 is 0 Å². The monoisotopic (exact) mass is 268 g/mol. The van der Waals surface area contributed by atoms with Crippen molar-refractivity contribution in [2.75, 3.05) is 37.2 Å². The van der Waals surface area contributed by atoms with Crippen molar-refractivity contribution in [3.63, 3.8) is 0 Å². The van der Waals surface area contributed by atoms with Crippen LogP contribution in [-0.4, -0.2) is 36.1 Å². The lowest BCUT2D eigenvalue weighted by molar-refractivity contribution is 0.296. The molecule has 0 atom stereocenters. The summed E-state index contributed by atoms with van der Waals surface area (Å²) in [7, 11) is 0. The minimum Gasteiger partial charge on any atom is -0.399 e. The molecule has 1 fully saturated rings. The van der Waals surface area contributed by atoms with Gasteiger partial charge in [-0.2, -0.15) is 0 Å². The third-order valence-corrected chi connectivity index (χ3v) is 3.44. The molecule has 0 saturated carbocycles. The third-order valence-electron chi connectivity index (χ3n) is 3.25. The van der Waals surface area contributed by atoms with Gasteiger partial charge in [0.25, 0.3) is 0 Å². The molecule has 4 nitrogen and oxygen atoms in total. The van der Waals surface area contributed by atoms with Gasteiger partial charge in [-0.15, -0.1) is 0 Å². The van der Waals surface area contributed by atoms with Crippen LogP contribution in [0.1, 0.15) is 25.7 Å². The molecule has 0 aromatic carbocycles. The van der Waals surface area contributed by atoms with Gasteiger partial charge in [0.1, 0.15) is 11.0 Å². The second kappa shape index (κ2) is 6.81. The predicted octanol–water partition coefficient (Wildman–Crippen LogP) is 2.61. The van der Waals surface area contributed by atoms with Crippen LogP contribution in [0.3, 0.4) is 0 Å². The number of aromatic nitrogens is 1. The van der Waals surface area contributed by atoms with E-state index in [0.717, 1.165) is 18.9 Å². The molecule has 1 aliphatic rings. The molecule has 0 spiro atoms. The van der Waals surface area contributed by atoms with Gasteiger partial charge in [-0.25, -0.2) is 4.98 Å². The zero-order valence-electron chi connectivity index (χ0n) is 10.7. The Kier molecular flexibility index (Phi) is 5.08. The van der Waals surface area contributed by atoms with Crippen LogP contribution >= 0.6 is 11.6 Å². The van der Waals surface area contributed by atoms with Crippen molar-refractivity contribution in [2.45, 2.75) is 25.7 Å². The summed E-state index contributed by atoms with van der Waals surface area (Å²) in [5.74, 6) is 0.759. The highest BCUT2D eigenvalue weighted by atomic mass is 35.5. The molecule has 5 heteroatoms. The highest BCUT2D eigenvalue weighted by Gasteiger charge is 2.08. The molecule has 1 aromatic heterocycles. The molecule has 1 aliphatic heterocycles. The van der Waals surface area contributed by atoms with Gasteiger partial charge < -0.3 is 16.0 Å². The van der Waals surface area contributed by atoms with Gasteiger partial charge in [0.15, 0.2) is 0 Å². The Labute approximate surface area is 114 Å².